The number of nitrogens with zero attached hydrogens (tertiary/aromatic N) is 3. The maximum absolute atomic E-state index is 12.6. The van der Waals surface area contributed by atoms with E-state index < -0.39 is 0 Å². The van der Waals surface area contributed by atoms with E-state index in [-0.39, 0.29) is 11.9 Å². The van der Waals surface area contributed by atoms with Gasteiger partial charge in [-0.05, 0) is 38.0 Å². The summed E-state index contributed by atoms with van der Waals surface area (Å²) in [4.78, 5) is 17.0. The zero-order valence-corrected chi connectivity index (χ0v) is 14.0. The molecule has 1 atom stereocenters. The predicted octanol–water partition coefficient (Wildman–Crippen LogP) is 2.41. The van der Waals surface area contributed by atoms with Gasteiger partial charge in [0.15, 0.2) is 5.65 Å². The standard InChI is InChI=1S/C18H20N4O2/c1-12(10-14-6-4-5-7-16(14)24-3)21-18(23)15-11-13(2)20-17-8-9-19-22(15)17/h4-9,11-12H,10H2,1-3H3,(H,21,23)/t12-/m1/s1. The third-order valence-electron chi connectivity index (χ3n) is 3.82. The molecule has 0 fully saturated rings. The van der Waals surface area contributed by atoms with Gasteiger partial charge in [0, 0.05) is 17.8 Å². The van der Waals surface area contributed by atoms with E-state index in [0.29, 0.717) is 17.8 Å². The molecule has 2 heterocycles. The number of carbonyl (C=O) groups excluding carboxylic acids is 1. The number of hydrogen-bond donors (Lipinski definition) is 1. The lowest BCUT2D eigenvalue weighted by Gasteiger charge is -2.16. The van der Waals surface area contributed by atoms with E-state index in [1.807, 2.05) is 38.1 Å². The topological polar surface area (TPSA) is 68.5 Å². The Bertz CT molecular complexity index is 872. The van der Waals surface area contributed by atoms with E-state index in [9.17, 15) is 4.79 Å². The zero-order chi connectivity index (χ0) is 17.1. The molecule has 0 aliphatic carbocycles. The third kappa shape index (κ3) is 3.22. The van der Waals surface area contributed by atoms with Crippen molar-refractivity contribution in [2.24, 2.45) is 0 Å². The Labute approximate surface area is 140 Å². The number of benzene rings is 1. The monoisotopic (exact) mass is 324 g/mol. The van der Waals surface area contributed by atoms with E-state index >= 15 is 0 Å². The van der Waals surface area contributed by atoms with Crippen molar-refractivity contribution >= 4 is 11.6 Å². The summed E-state index contributed by atoms with van der Waals surface area (Å²) in [6.07, 6.45) is 2.32. The number of amides is 1. The SMILES string of the molecule is COc1ccccc1C[C@@H](C)NC(=O)c1cc(C)nc2ccnn12. The highest BCUT2D eigenvalue weighted by Gasteiger charge is 2.16. The highest BCUT2D eigenvalue weighted by molar-refractivity contribution is 5.93. The van der Waals surface area contributed by atoms with Crippen LogP contribution in [0.1, 0.15) is 28.7 Å². The summed E-state index contributed by atoms with van der Waals surface area (Å²) in [7, 11) is 1.65. The van der Waals surface area contributed by atoms with Crippen LogP contribution in [0.15, 0.2) is 42.6 Å². The smallest absolute Gasteiger partial charge is 0.270 e. The Morgan fingerprint density at radius 2 is 2.12 bits per heavy atom. The molecule has 3 rings (SSSR count). The summed E-state index contributed by atoms with van der Waals surface area (Å²) < 4.78 is 6.92. The third-order valence-corrected chi connectivity index (χ3v) is 3.82. The van der Waals surface area contributed by atoms with Gasteiger partial charge in [0.2, 0.25) is 0 Å². The van der Waals surface area contributed by atoms with Crippen LogP contribution in [0.3, 0.4) is 0 Å². The summed E-state index contributed by atoms with van der Waals surface area (Å²) in [5.41, 5.74) is 2.99. The number of fused-ring (bicyclic) bond motifs is 1. The molecule has 6 nitrogen and oxygen atoms in total. The Kier molecular flexibility index (Phi) is 4.46. The van der Waals surface area contributed by atoms with Gasteiger partial charge in [-0.3, -0.25) is 4.79 Å². The number of methoxy groups -OCH3 is 1. The minimum absolute atomic E-state index is 0.0483. The minimum atomic E-state index is -0.170. The first kappa shape index (κ1) is 16.0. The van der Waals surface area contributed by atoms with Gasteiger partial charge < -0.3 is 10.1 Å². The highest BCUT2D eigenvalue weighted by atomic mass is 16.5. The van der Waals surface area contributed by atoms with Crippen LogP contribution in [-0.2, 0) is 6.42 Å². The molecule has 124 valence electrons. The van der Waals surface area contributed by atoms with Gasteiger partial charge in [0.1, 0.15) is 11.4 Å². The number of rotatable bonds is 5. The fourth-order valence-electron chi connectivity index (χ4n) is 2.75. The Balaban J connectivity index is 1.77. The molecule has 0 aliphatic rings. The number of aromatic nitrogens is 3. The number of nitrogens with one attached hydrogen (secondary N) is 1. The number of ether oxygens (including phenoxy) is 1. The molecule has 6 heteroatoms. The van der Waals surface area contributed by atoms with Crippen LogP contribution in [0.2, 0.25) is 0 Å². The van der Waals surface area contributed by atoms with Crippen LogP contribution in [0.4, 0.5) is 0 Å². The van der Waals surface area contributed by atoms with Crippen molar-refractivity contribution in [1.29, 1.82) is 0 Å². The van der Waals surface area contributed by atoms with Crippen LogP contribution in [0.5, 0.6) is 5.75 Å². The van der Waals surface area contributed by atoms with Crippen LogP contribution in [-0.4, -0.2) is 33.7 Å². The van der Waals surface area contributed by atoms with Crippen molar-refractivity contribution in [2.45, 2.75) is 26.3 Å². The van der Waals surface area contributed by atoms with Crippen molar-refractivity contribution in [3.63, 3.8) is 0 Å². The molecule has 1 N–H and O–H groups in total. The molecule has 0 spiro atoms. The first-order valence-corrected chi connectivity index (χ1v) is 7.82. The number of hydrogen-bond acceptors (Lipinski definition) is 4. The fourth-order valence-corrected chi connectivity index (χ4v) is 2.75. The van der Waals surface area contributed by atoms with Gasteiger partial charge in [0.05, 0.1) is 13.3 Å². The number of aryl methyl sites for hydroxylation is 1. The summed E-state index contributed by atoms with van der Waals surface area (Å²) in [5.74, 6) is 0.657. The van der Waals surface area contributed by atoms with Gasteiger partial charge >= 0.3 is 0 Å². The largest absolute Gasteiger partial charge is 0.496 e. The summed E-state index contributed by atoms with van der Waals surface area (Å²) in [5, 5.41) is 7.19. The summed E-state index contributed by atoms with van der Waals surface area (Å²) in [6.45, 7) is 3.83. The lowest BCUT2D eigenvalue weighted by molar-refractivity contribution is 0.0932. The zero-order valence-electron chi connectivity index (χ0n) is 14.0. The quantitative estimate of drug-likeness (QED) is 0.782. The molecule has 0 aliphatic heterocycles. The van der Waals surface area contributed by atoms with E-state index in [0.717, 1.165) is 17.0 Å². The molecule has 3 aromatic rings. The minimum Gasteiger partial charge on any atom is -0.496 e. The Morgan fingerprint density at radius 1 is 1.33 bits per heavy atom. The molecule has 0 saturated heterocycles. The molecule has 24 heavy (non-hydrogen) atoms. The van der Waals surface area contributed by atoms with Crippen molar-refractivity contribution in [2.75, 3.05) is 7.11 Å². The van der Waals surface area contributed by atoms with E-state index in [4.69, 9.17) is 4.74 Å². The van der Waals surface area contributed by atoms with E-state index in [1.165, 1.54) is 0 Å². The second kappa shape index (κ2) is 6.70. The number of carbonyl (C=O) groups is 1. The van der Waals surface area contributed by atoms with Gasteiger partial charge in [-0.2, -0.15) is 5.10 Å². The molecule has 0 bridgehead atoms. The molecular formula is C18H20N4O2. The lowest BCUT2D eigenvalue weighted by atomic mass is 10.1. The molecule has 1 aromatic carbocycles. The van der Waals surface area contributed by atoms with Gasteiger partial charge in [-0.25, -0.2) is 9.50 Å². The Hall–Kier alpha value is -2.89. The van der Waals surface area contributed by atoms with Crippen LogP contribution in [0, 0.1) is 6.92 Å². The van der Waals surface area contributed by atoms with Crippen LogP contribution in [0.25, 0.3) is 5.65 Å². The van der Waals surface area contributed by atoms with E-state index in [1.54, 1.807) is 30.0 Å². The first-order valence-electron chi connectivity index (χ1n) is 7.82. The Morgan fingerprint density at radius 3 is 2.92 bits per heavy atom. The van der Waals surface area contributed by atoms with Crippen molar-refractivity contribution in [3.05, 3.63) is 59.5 Å². The molecule has 0 unspecified atom stereocenters. The molecule has 1 amide bonds. The fraction of sp³-hybridized carbons (Fsp3) is 0.278. The predicted molar refractivity (Wildman–Crippen MR) is 91.4 cm³/mol. The highest BCUT2D eigenvalue weighted by Crippen LogP contribution is 2.19. The summed E-state index contributed by atoms with van der Waals surface area (Å²) in [6, 6.07) is 11.3. The van der Waals surface area contributed by atoms with Gasteiger partial charge in [-0.1, -0.05) is 18.2 Å². The first-order chi connectivity index (χ1) is 11.6. The lowest BCUT2D eigenvalue weighted by Crippen LogP contribution is -2.35. The summed E-state index contributed by atoms with van der Waals surface area (Å²) >= 11 is 0. The van der Waals surface area contributed by atoms with Crippen molar-refractivity contribution in [3.8, 4) is 5.75 Å². The second-order valence-corrected chi connectivity index (χ2v) is 5.77. The molecule has 2 aromatic heterocycles. The van der Waals surface area contributed by atoms with Gasteiger partial charge in [0.25, 0.3) is 5.91 Å². The van der Waals surface area contributed by atoms with Gasteiger partial charge in [-0.15, -0.1) is 0 Å². The average molecular weight is 324 g/mol. The van der Waals surface area contributed by atoms with Crippen molar-refractivity contribution < 1.29 is 9.53 Å². The number of para-hydroxylation sites is 1. The molecule has 0 radical (unpaired) electrons. The molecule has 0 saturated carbocycles. The average Bonchev–Trinajstić information content (AvgIpc) is 3.02. The van der Waals surface area contributed by atoms with Crippen LogP contribution >= 0.6 is 0 Å². The maximum Gasteiger partial charge on any atom is 0.270 e. The van der Waals surface area contributed by atoms with Crippen molar-refractivity contribution in [1.82, 2.24) is 19.9 Å². The molecular weight excluding hydrogens is 304 g/mol. The maximum atomic E-state index is 12.6. The normalized spacial score (nSPS) is 12.1. The van der Waals surface area contributed by atoms with E-state index in [2.05, 4.69) is 15.4 Å². The second-order valence-electron chi connectivity index (χ2n) is 5.77. The van der Waals surface area contributed by atoms with Crippen LogP contribution < -0.4 is 10.1 Å².